The van der Waals surface area contributed by atoms with E-state index in [1.165, 1.54) is 12.5 Å². The Labute approximate surface area is 163 Å². The number of carbonyl (C=O) groups is 1. The molecule has 1 unspecified atom stereocenters. The molecule has 0 bridgehead atoms. The fourth-order valence-corrected chi connectivity index (χ4v) is 3.19. The summed E-state index contributed by atoms with van der Waals surface area (Å²) in [5.41, 5.74) is 1.22. The van der Waals surface area contributed by atoms with Gasteiger partial charge in [-0.05, 0) is 23.6 Å². The van der Waals surface area contributed by atoms with Gasteiger partial charge in [-0.15, -0.1) is 24.8 Å². The molecule has 144 valence electrons. The summed E-state index contributed by atoms with van der Waals surface area (Å²) in [6.45, 7) is 10.1. The summed E-state index contributed by atoms with van der Waals surface area (Å²) in [4.78, 5) is 13.7. The minimum absolute atomic E-state index is 0. The van der Waals surface area contributed by atoms with E-state index in [4.69, 9.17) is 9.47 Å². The lowest BCUT2D eigenvalue weighted by Crippen LogP contribution is -2.46. The second-order valence-corrected chi connectivity index (χ2v) is 6.12. The van der Waals surface area contributed by atoms with Crippen LogP contribution < -0.4 is 14.8 Å². The first kappa shape index (κ1) is 24.0. The maximum atomic E-state index is 11.2. The lowest BCUT2D eigenvalue weighted by Gasteiger charge is -2.38. The molecule has 0 amide bonds. The predicted octanol–water partition coefficient (Wildman–Crippen LogP) is 3.46. The van der Waals surface area contributed by atoms with Crippen molar-refractivity contribution >= 4 is 30.8 Å². The molecule has 1 aliphatic heterocycles. The number of hydrogen-bond acceptors (Lipinski definition) is 5. The second-order valence-electron chi connectivity index (χ2n) is 6.12. The van der Waals surface area contributed by atoms with Crippen LogP contribution in [0.4, 0.5) is 0 Å². The molecule has 25 heavy (non-hydrogen) atoms. The summed E-state index contributed by atoms with van der Waals surface area (Å²) in [6, 6.07) is 6.26. The molecule has 0 saturated carbocycles. The molecule has 1 saturated heterocycles. The molecule has 1 aromatic rings. The number of nitrogens with zero attached hydrogens (tertiary/aromatic N) is 1. The largest absolute Gasteiger partial charge is 0.493 e. The maximum Gasteiger partial charge on any atom is 0.308 e. The predicted molar refractivity (Wildman–Crippen MR) is 105 cm³/mol. The molecular formula is C18H30Cl2N2O3. The molecule has 7 heteroatoms. The van der Waals surface area contributed by atoms with Gasteiger partial charge in [0.15, 0.2) is 11.5 Å². The summed E-state index contributed by atoms with van der Waals surface area (Å²) in [5.74, 6) is 1.29. The zero-order valence-corrected chi connectivity index (χ0v) is 17.0. The van der Waals surface area contributed by atoms with Crippen molar-refractivity contribution in [3.63, 3.8) is 0 Å². The highest BCUT2D eigenvalue weighted by molar-refractivity contribution is 5.85. The van der Waals surface area contributed by atoms with E-state index in [0.29, 0.717) is 23.5 Å². The molecule has 1 heterocycles. The van der Waals surface area contributed by atoms with Crippen molar-refractivity contribution in [3.8, 4) is 11.5 Å². The van der Waals surface area contributed by atoms with Crippen molar-refractivity contribution in [2.24, 2.45) is 5.92 Å². The topological polar surface area (TPSA) is 50.8 Å². The van der Waals surface area contributed by atoms with Crippen LogP contribution in [0.3, 0.4) is 0 Å². The van der Waals surface area contributed by atoms with Gasteiger partial charge in [0.2, 0.25) is 0 Å². The summed E-state index contributed by atoms with van der Waals surface area (Å²) < 4.78 is 10.6. The van der Waals surface area contributed by atoms with E-state index >= 15 is 0 Å². The average molecular weight is 393 g/mol. The van der Waals surface area contributed by atoms with Crippen LogP contribution in [0.25, 0.3) is 0 Å². The van der Waals surface area contributed by atoms with Crippen LogP contribution in [0.1, 0.15) is 38.8 Å². The lowest BCUT2D eigenvalue weighted by molar-refractivity contribution is -0.132. The average Bonchev–Trinajstić information content (AvgIpc) is 2.56. The van der Waals surface area contributed by atoms with Crippen molar-refractivity contribution in [2.75, 3.05) is 33.3 Å². The second kappa shape index (κ2) is 11.6. The van der Waals surface area contributed by atoms with E-state index in [1.807, 2.05) is 12.1 Å². The van der Waals surface area contributed by atoms with E-state index in [1.54, 1.807) is 7.11 Å². The Hall–Kier alpha value is -1.01. The molecule has 1 aliphatic rings. The number of rotatable bonds is 6. The lowest BCUT2D eigenvalue weighted by atomic mass is 9.90. The first-order chi connectivity index (χ1) is 11.1. The third kappa shape index (κ3) is 6.33. The molecule has 0 aliphatic carbocycles. The fraction of sp³-hybridized carbons (Fsp3) is 0.611. The third-order valence-electron chi connectivity index (χ3n) is 4.51. The number of methoxy groups -OCH3 is 1. The third-order valence-corrected chi connectivity index (χ3v) is 4.51. The van der Waals surface area contributed by atoms with Crippen LogP contribution in [-0.4, -0.2) is 44.2 Å². The van der Waals surface area contributed by atoms with Crippen LogP contribution in [0.15, 0.2) is 18.2 Å². The molecule has 0 radical (unpaired) electrons. The Morgan fingerprint density at radius 1 is 1.24 bits per heavy atom. The Morgan fingerprint density at radius 2 is 1.88 bits per heavy atom. The highest BCUT2D eigenvalue weighted by atomic mass is 35.5. The standard InChI is InChI=1S/C18H28N2O3.2ClH/c1-5-13(2)18(20-10-8-19-9-11-20)15-6-7-16(23-14(3)21)17(12-15)22-4;;/h6-7,12-13,18-19H,5,8-11H2,1-4H3;2*1H/t13?,18-;;/m0../s1. The SMILES string of the molecule is CCC(C)[C@@H](c1ccc(OC(C)=O)c(OC)c1)N1CCNCC1.Cl.Cl. The quantitative estimate of drug-likeness (QED) is 0.593. The van der Waals surface area contributed by atoms with Gasteiger partial charge in [-0.25, -0.2) is 0 Å². The number of hydrogen-bond donors (Lipinski definition) is 1. The highest BCUT2D eigenvalue weighted by Gasteiger charge is 2.27. The molecule has 2 atom stereocenters. The minimum atomic E-state index is -0.336. The first-order valence-electron chi connectivity index (χ1n) is 8.38. The van der Waals surface area contributed by atoms with Crippen LogP contribution in [0.5, 0.6) is 11.5 Å². The van der Waals surface area contributed by atoms with Gasteiger partial charge in [-0.3, -0.25) is 9.69 Å². The fourth-order valence-electron chi connectivity index (χ4n) is 3.19. The molecule has 2 rings (SSSR count). The van der Waals surface area contributed by atoms with Crippen LogP contribution in [0.2, 0.25) is 0 Å². The zero-order chi connectivity index (χ0) is 16.8. The number of benzene rings is 1. The number of piperazine rings is 1. The van der Waals surface area contributed by atoms with E-state index in [0.717, 1.165) is 32.6 Å². The number of carbonyl (C=O) groups excluding carboxylic acids is 1. The van der Waals surface area contributed by atoms with Crippen LogP contribution in [-0.2, 0) is 4.79 Å². The highest BCUT2D eigenvalue weighted by Crippen LogP contribution is 2.36. The van der Waals surface area contributed by atoms with Gasteiger partial charge < -0.3 is 14.8 Å². The van der Waals surface area contributed by atoms with Crippen molar-refractivity contribution < 1.29 is 14.3 Å². The molecule has 5 nitrogen and oxygen atoms in total. The Bertz CT molecular complexity index is 537. The minimum Gasteiger partial charge on any atom is -0.493 e. The zero-order valence-electron chi connectivity index (χ0n) is 15.4. The van der Waals surface area contributed by atoms with Crippen molar-refractivity contribution in [1.82, 2.24) is 10.2 Å². The van der Waals surface area contributed by atoms with Gasteiger partial charge in [-0.2, -0.15) is 0 Å². The van der Waals surface area contributed by atoms with E-state index in [9.17, 15) is 4.79 Å². The van der Waals surface area contributed by atoms with E-state index in [-0.39, 0.29) is 30.8 Å². The van der Waals surface area contributed by atoms with Gasteiger partial charge >= 0.3 is 5.97 Å². The van der Waals surface area contributed by atoms with Crippen molar-refractivity contribution in [3.05, 3.63) is 23.8 Å². The van der Waals surface area contributed by atoms with E-state index < -0.39 is 0 Å². The number of esters is 1. The van der Waals surface area contributed by atoms with Gasteiger partial charge in [0, 0.05) is 39.1 Å². The van der Waals surface area contributed by atoms with Crippen LogP contribution in [0, 0.1) is 5.92 Å². The summed E-state index contributed by atoms with van der Waals surface area (Å²) in [5, 5.41) is 3.41. The summed E-state index contributed by atoms with van der Waals surface area (Å²) in [7, 11) is 1.61. The summed E-state index contributed by atoms with van der Waals surface area (Å²) >= 11 is 0. The molecule has 1 fully saturated rings. The monoisotopic (exact) mass is 392 g/mol. The molecule has 1 aromatic carbocycles. The summed E-state index contributed by atoms with van der Waals surface area (Å²) in [6.07, 6.45) is 1.11. The molecule has 1 N–H and O–H groups in total. The van der Waals surface area contributed by atoms with Crippen molar-refractivity contribution in [1.29, 1.82) is 0 Å². The first-order valence-corrected chi connectivity index (χ1v) is 8.38. The number of ether oxygens (including phenoxy) is 2. The Kier molecular flexibility index (Phi) is 11.1. The van der Waals surface area contributed by atoms with Gasteiger partial charge in [0.1, 0.15) is 0 Å². The number of nitrogens with one attached hydrogen (secondary N) is 1. The van der Waals surface area contributed by atoms with E-state index in [2.05, 4.69) is 30.1 Å². The molecule has 0 aromatic heterocycles. The van der Waals surface area contributed by atoms with Crippen LogP contribution >= 0.6 is 24.8 Å². The van der Waals surface area contributed by atoms with Crippen molar-refractivity contribution in [2.45, 2.75) is 33.2 Å². The number of halogens is 2. The Balaban J connectivity index is 0.00000288. The smallest absolute Gasteiger partial charge is 0.308 e. The Morgan fingerprint density at radius 3 is 2.40 bits per heavy atom. The van der Waals surface area contributed by atoms with Gasteiger partial charge in [-0.1, -0.05) is 26.3 Å². The molecular weight excluding hydrogens is 363 g/mol. The van der Waals surface area contributed by atoms with Gasteiger partial charge in [0.05, 0.1) is 7.11 Å². The molecule has 0 spiro atoms. The van der Waals surface area contributed by atoms with Gasteiger partial charge in [0.25, 0.3) is 0 Å². The normalized spacial score (nSPS) is 16.8. The maximum absolute atomic E-state index is 11.2.